The zero-order valence-electron chi connectivity index (χ0n) is 21.9. The lowest BCUT2D eigenvalue weighted by molar-refractivity contribution is -0.384. The Hall–Kier alpha value is -3.50. The maximum atomic E-state index is 15.7. The summed E-state index contributed by atoms with van der Waals surface area (Å²) in [5, 5.41) is 23.2. The first kappa shape index (κ1) is 27.7. The van der Waals surface area contributed by atoms with Crippen molar-refractivity contribution >= 4 is 46.0 Å². The van der Waals surface area contributed by atoms with Crippen molar-refractivity contribution in [3.05, 3.63) is 102 Å². The molecule has 8 nitrogen and oxygen atoms in total. The van der Waals surface area contributed by atoms with E-state index in [1.807, 2.05) is 0 Å². The molecule has 1 saturated carbocycles. The predicted molar refractivity (Wildman–Crippen MR) is 153 cm³/mol. The second-order valence-electron chi connectivity index (χ2n) is 11.2. The molecule has 6 rings (SSSR count). The zero-order chi connectivity index (χ0) is 29.1. The highest BCUT2D eigenvalue weighted by Crippen LogP contribution is 2.54. The largest absolute Gasteiger partial charge is 0.367 e. The van der Waals surface area contributed by atoms with Crippen molar-refractivity contribution in [2.45, 2.75) is 50.6 Å². The SMILES string of the molecule is O=[N+]([O-])c1cc(C2CCC(c3ccc(Cl)c([N+](=O)[O-])c3)N2c2cc(F)c(N3CCC4(CC3)CC4)c(F)c2)ccc1Cl. The first-order valence-corrected chi connectivity index (χ1v) is 14.2. The van der Waals surface area contributed by atoms with Gasteiger partial charge < -0.3 is 9.80 Å². The number of halogens is 4. The maximum Gasteiger partial charge on any atom is 0.288 e. The van der Waals surface area contributed by atoms with Gasteiger partial charge in [-0.05, 0) is 79.3 Å². The fraction of sp³-hybridized carbons (Fsp3) is 0.379. The van der Waals surface area contributed by atoms with Gasteiger partial charge in [0, 0.05) is 30.9 Å². The van der Waals surface area contributed by atoms with E-state index in [-0.39, 0.29) is 32.8 Å². The zero-order valence-corrected chi connectivity index (χ0v) is 23.4. The molecule has 12 heteroatoms. The molecule has 2 atom stereocenters. The molecule has 2 saturated heterocycles. The third-order valence-electron chi connectivity index (χ3n) is 8.89. The minimum Gasteiger partial charge on any atom is -0.367 e. The van der Waals surface area contributed by atoms with Crippen molar-refractivity contribution in [2.75, 3.05) is 22.9 Å². The minimum absolute atomic E-state index is 0.0240. The van der Waals surface area contributed by atoms with Crippen LogP contribution in [0.3, 0.4) is 0 Å². The molecule has 3 fully saturated rings. The molecule has 2 unspecified atom stereocenters. The summed E-state index contributed by atoms with van der Waals surface area (Å²) in [5.41, 5.74) is 1.07. The number of nitro groups is 2. The Morgan fingerprint density at radius 2 is 1.22 bits per heavy atom. The molecule has 3 aromatic carbocycles. The van der Waals surface area contributed by atoms with Crippen LogP contribution in [-0.2, 0) is 0 Å². The average Bonchev–Trinajstić information content (AvgIpc) is 3.53. The summed E-state index contributed by atoms with van der Waals surface area (Å²) >= 11 is 12.1. The van der Waals surface area contributed by atoms with Crippen LogP contribution < -0.4 is 9.80 Å². The third kappa shape index (κ3) is 5.08. The standard InChI is InChI=1S/C29H26Cl2F2N4O4/c30-20-3-1-17(13-26(20)36(38)39)24-5-6-25(18-2-4-21(31)27(14-18)37(40)41)35(24)19-15-22(32)28(23(33)16-19)34-11-9-29(7-8-29)10-12-34/h1-4,13-16,24-25H,5-12H2. The molecule has 1 aliphatic carbocycles. The summed E-state index contributed by atoms with van der Waals surface area (Å²) in [6.45, 7) is 1.18. The Labute approximate surface area is 244 Å². The van der Waals surface area contributed by atoms with Gasteiger partial charge in [-0.15, -0.1) is 0 Å². The fourth-order valence-electron chi connectivity index (χ4n) is 6.46. The van der Waals surface area contributed by atoms with Crippen LogP contribution in [-0.4, -0.2) is 22.9 Å². The number of anilines is 2. The molecule has 41 heavy (non-hydrogen) atoms. The van der Waals surface area contributed by atoms with Gasteiger partial charge in [-0.25, -0.2) is 8.78 Å². The lowest BCUT2D eigenvalue weighted by atomic mass is 9.93. The molecule has 0 amide bonds. The molecule has 0 N–H and O–H groups in total. The Balaban J connectivity index is 1.42. The Morgan fingerprint density at radius 3 is 1.63 bits per heavy atom. The highest BCUT2D eigenvalue weighted by Gasteiger charge is 2.45. The molecular formula is C29H26Cl2F2N4O4. The van der Waals surface area contributed by atoms with Gasteiger partial charge in [0.25, 0.3) is 11.4 Å². The van der Waals surface area contributed by atoms with E-state index in [4.69, 9.17) is 23.2 Å². The van der Waals surface area contributed by atoms with Gasteiger partial charge in [0.15, 0.2) is 11.6 Å². The first-order valence-electron chi connectivity index (χ1n) is 13.5. The predicted octanol–water partition coefficient (Wildman–Crippen LogP) is 8.55. The number of nitro benzene ring substituents is 2. The normalized spacial score (nSPS) is 21.4. The number of nitrogens with zero attached hydrogens (tertiary/aromatic N) is 4. The topological polar surface area (TPSA) is 92.8 Å². The Morgan fingerprint density at radius 1 is 0.756 bits per heavy atom. The van der Waals surface area contributed by atoms with Crippen molar-refractivity contribution in [2.24, 2.45) is 5.41 Å². The first-order chi connectivity index (χ1) is 19.6. The van der Waals surface area contributed by atoms with Crippen molar-refractivity contribution in [3.63, 3.8) is 0 Å². The second-order valence-corrected chi connectivity index (χ2v) is 12.0. The lowest BCUT2D eigenvalue weighted by Gasteiger charge is -2.36. The monoisotopic (exact) mass is 602 g/mol. The van der Waals surface area contributed by atoms with Crippen LogP contribution in [0.4, 0.5) is 31.5 Å². The van der Waals surface area contributed by atoms with E-state index in [9.17, 15) is 20.2 Å². The van der Waals surface area contributed by atoms with E-state index in [0.717, 1.165) is 12.8 Å². The fourth-order valence-corrected chi connectivity index (χ4v) is 6.84. The Kier molecular flexibility index (Phi) is 7.02. The van der Waals surface area contributed by atoms with Crippen LogP contribution in [0.1, 0.15) is 61.7 Å². The molecule has 3 aromatic rings. The van der Waals surface area contributed by atoms with Crippen molar-refractivity contribution in [3.8, 4) is 0 Å². The number of piperidine rings is 1. The maximum absolute atomic E-state index is 15.7. The minimum atomic E-state index is -0.694. The molecule has 2 heterocycles. The van der Waals surface area contributed by atoms with E-state index < -0.39 is 33.6 Å². The quantitative estimate of drug-likeness (QED) is 0.207. The van der Waals surface area contributed by atoms with Crippen molar-refractivity contribution < 1.29 is 18.6 Å². The van der Waals surface area contributed by atoms with Crippen LogP contribution >= 0.6 is 23.2 Å². The van der Waals surface area contributed by atoms with E-state index in [1.165, 1.54) is 49.2 Å². The van der Waals surface area contributed by atoms with Gasteiger partial charge >= 0.3 is 0 Å². The summed E-state index contributed by atoms with van der Waals surface area (Å²) in [6, 6.07) is 10.5. The van der Waals surface area contributed by atoms with Crippen molar-refractivity contribution in [1.82, 2.24) is 0 Å². The van der Waals surface area contributed by atoms with E-state index in [1.54, 1.807) is 21.9 Å². The van der Waals surface area contributed by atoms with Crippen LogP contribution in [0.5, 0.6) is 0 Å². The van der Waals surface area contributed by atoms with Crippen LogP contribution in [0.15, 0.2) is 48.5 Å². The molecule has 0 radical (unpaired) electrons. The van der Waals surface area contributed by atoms with Crippen LogP contribution in [0.2, 0.25) is 10.0 Å². The second kappa shape index (κ2) is 10.4. The summed E-state index contributed by atoms with van der Waals surface area (Å²) in [7, 11) is 0. The average molecular weight is 603 g/mol. The number of hydrogen-bond acceptors (Lipinski definition) is 6. The van der Waals surface area contributed by atoms with E-state index in [0.29, 0.717) is 42.5 Å². The number of benzene rings is 3. The summed E-state index contributed by atoms with van der Waals surface area (Å²) < 4.78 is 31.5. The van der Waals surface area contributed by atoms with E-state index >= 15 is 8.78 Å². The third-order valence-corrected chi connectivity index (χ3v) is 9.52. The summed E-state index contributed by atoms with van der Waals surface area (Å²) in [5.74, 6) is -1.39. The smallest absolute Gasteiger partial charge is 0.288 e. The number of rotatable bonds is 6. The van der Waals surface area contributed by atoms with Gasteiger partial charge in [0.1, 0.15) is 15.7 Å². The van der Waals surface area contributed by atoms with Gasteiger partial charge in [0.05, 0.1) is 21.9 Å². The lowest BCUT2D eigenvalue weighted by Crippen LogP contribution is -2.35. The summed E-state index contributed by atoms with van der Waals surface area (Å²) in [4.78, 5) is 25.6. The van der Waals surface area contributed by atoms with Gasteiger partial charge in [0.2, 0.25) is 0 Å². The molecular weight excluding hydrogens is 577 g/mol. The highest BCUT2D eigenvalue weighted by molar-refractivity contribution is 6.33. The van der Waals surface area contributed by atoms with Crippen molar-refractivity contribution in [1.29, 1.82) is 0 Å². The van der Waals surface area contributed by atoms with Crippen LogP contribution in [0.25, 0.3) is 0 Å². The molecule has 3 aliphatic rings. The molecule has 214 valence electrons. The van der Waals surface area contributed by atoms with Gasteiger partial charge in [-0.3, -0.25) is 20.2 Å². The highest BCUT2D eigenvalue weighted by atomic mass is 35.5. The molecule has 0 aromatic heterocycles. The molecule has 1 spiro atoms. The van der Waals surface area contributed by atoms with E-state index in [2.05, 4.69) is 0 Å². The number of hydrogen-bond donors (Lipinski definition) is 0. The van der Waals surface area contributed by atoms with Gasteiger partial charge in [-0.1, -0.05) is 35.3 Å². The summed E-state index contributed by atoms with van der Waals surface area (Å²) in [6.07, 6.45) is 5.11. The molecule has 0 bridgehead atoms. The Bertz CT molecular complexity index is 1460. The molecule has 2 aliphatic heterocycles. The van der Waals surface area contributed by atoms with Crippen LogP contribution in [0, 0.1) is 37.3 Å². The van der Waals surface area contributed by atoms with Gasteiger partial charge in [-0.2, -0.15) is 0 Å².